The van der Waals surface area contributed by atoms with Crippen LogP contribution in [0.4, 0.5) is 0 Å². The molecule has 1 heterocycles. The van der Waals surface area contributed by atoms with E-state index in [4.69, 9.17) is 4.74 Å². The second kappa shape index (κ2) is 6.74. The van der Waals surface area contributed by atoms with Crippen molar-refractivity contribution in [3.63, 3.8) is 0 Å². The molecular weight excluding hydrogens is 238 g/mol. The van der Waals surface area contributed by atoms with Crippen LogP contribution >= 0.6 is 0 Å². The van der Waals surface area contributed by atoms with Crippen LogP contribution in [0, 0.1) is 23.7 Å². The van der Waals surface area contributed by atoms with Crippen molar-refractivity contribution in [3.05, 3.63) is 0 Å². The molecule has 0 aromatic carbocycles. The Morgan fingerprint density at radius 1 is 1.26 bits per heavy atom. The Kier molecular flexibility index (Phi) is 5.26. The monoisotopic (exact) mass is 267 g/mol. The van der Waals surface area contributed by atoms with E-state index in [1.165, 1.54) is 12.8 Å². The first-order valence-corrected chi connectivity index (χ1v) is 7.99. The molecule has 0 amide bonds. The molecule has 0 aromatic heterocycles. The summed E-state index contributed by atoms with van der Waals surface area (Å²) in [5, 5.41) is 3.29. The quantitative estimate of drug-likeness (QED) is 0.799. The standard InChI is InChI=1S/C16H29NO2/c1-11(2)14-7-6-12(3)9-15(14)19-16(18)13-5-4-8-17-10-13/h11-15,17H,4-10H2,1-3H3/t12?,13-,14?,15?/m0/s1. The molecule has 1 saturated carbocycles. The SMILES string of the molecule is CC1CCC(C(C)C)C(OC(=O)[C@H]2CCCNC2)C1. The Labute approximate surface area is 117 Å². The number of carbonyl (C=O) groups is 1. The summed E-state index contributed by atoms with van der Waals surface area (Å²) in [7, 11) is 0. The first-order chi connectivity index (χ1) is 9.08. The number of esters is 1. The third-order valence-electron chi connectivity index (χ3n) is 4.86. The van der Waals surface area contributed by atoms with Crippen molar-refractivity contribution in [1.29, 1.82) is 0 Å². The molecule has 3 heteroatoms. The van der Waals surface area contributed by atoms with Crippen LogP contribution in [0.5, 0.6) is 0 Å². The molecule has 1 aliphatic heterocycles. The molecule has 0 aromatic rings. The van der Waals surface area contributed by atoms with Gasteiger partial charge in [-0.05, 0) is 50.0 Å². The highest BCUT2D eigenvalue weighted by molar-refractivity contribution is 5.73. The first-order valence-electron chi connectivity index (χ1n) is 7.99. The van der Waals surface area contributed by atoms with Crippen LogP contribution < -0.4 is 5.32 Å². The normalized spacial score (nSPS) is 36.2. The number of carbonyl (C=O) groups excluding carboxylic acids is 1. The van der Waals surface area contributed by atoms with E-state index in [-0.39, 0.29) is 18.0 Å². The average Bonchev–Trinajstić information content (AvgIpc) is 2.39. The Morgan fingerprint density at radius 2 is 2.05 bits per heavy atom. The summed E-state index contributed by atoms with van der Waals surface area (Å²) in [5.41, 5.74) is 0. The van der Waals surface area contributed by atoms with E-state index < -0.39 is 0 Å². The van der Waals surface area contributed by atoms with Crippen LogP contribution in [0.2, 0.25) is 0 Å². The maximum absolute atomic E-state index is 12.3. The minimum atomic E-state index is 0.0388. The number of rotatable bonds is 3. The zero-order valence-electron chi connectivity index (χ0n) is 12.7. The van der Waals surface area contributed by atoms with E-state index in [0.29, 0.717) is 17.8 Å². The van der Waals surface area contributed by atoms with E-state index in [2.05, 4.69) is 26.1 Å². The second-order valence-corrected chi connectivity index (χ2v) is 6.84. The minimum absolute atomic E-state index is 0.0388. The van der Waals surface area contributed by atoms with Gasteiger partial charge in [0.15, 0.2) is 0 Å². The van der Waals surface area contributed by atoms with Gasteiger partial charge in [0.05, 0.1) is 5.92 Å². The van der Waals surface area contributed by atoms with Crippen LogP contribution in [-0.2, 0) is 9.53 Å². The largest absolute Gasteiger partial charge is 0.462 e. The van der Waals surface area contributed by atoms with Crippen LogP contribution in [0.3, 0.4) is 0 Å². The summed E-state index contributed by atoms with van der Waals surface area (Å²) in [6.45, 7) is 8.62. The van der Waals surface area contributed by atoms with Crippen molar-refractivity contribution in [1.82, 2.24) is 5.32 Å². The molecule has 1 N–H and O–H groups in total. The van der Waals surface area contributed by atoms with Crippen molar-refractivity contribution in [2.75, 3.05) is 13.1 Å². The van der Waals surface area contributed by atoms with Crippen molar-refractivity contribution in [2.45, 2.75) is 59.0 Å². The van der Waals surface area contributed by atoms with Crippen molar-refractivity contribution in [2.24, 2.45) is 23.7 Å². The highest BCUT2D eigenvalue weighted by Crippen LogP contribution is 2.35. The molecule has 0 spiro atoms. The Balaban J connectivity index is 1.92. The fourth-order valence-corrected chi connectivity index (χ4v) is 3.55. The van der Waals surface area contributed by atoms with Gasteiger partial charge >= 0.3 is 5.97 Å². The van der Waals surface area contributed by atoms with E-state index in [0.717, 1.165) is 32.4 Å². The van der Waals surface area contributed by atoms with Gasteiger partial charge < -0.3 is 10.1 Å². The Hall–Kier alpha value is -0.570. The van der Waals surface area contributed by atoms with Gasteiger partial charge in [0, 0.05) is 6.54 Å². The van der Waals surface area contributed by atoms with Gasteiger partial charge in [-0.1, -0.05) is 27.2 Å². The molecule has 2 aliphatic rings. The van der Waals surface area contributed by atoms with Crippen LogP contribution in [0.25, 0.3) is 0 Å². The van der Waals surface area contributed by atoms with Crippen LogP contribution in [0.15, 0.2) is 0 Å². The molecule has 2 fully saturated rings. The van der Waals surface area contributed by atoms with Gasteiger partial charge in [0.25, 0.3) is 0 Å². The first kappa shape index (κ1) is 14.8. The van der Waals surface area contributed by atoms with Gasteiger partial charge in [-0.25, -0.2) is 0 Å². The summed E-state index contributed by atoms with van der Waals surface area (Å²) in [5.74, 6) is 1.97. The molecule has 3 unspecified atom stereocenters. The minimum Gasteiger partial charge on any atom is -0.462 e. The summed E-state index contributed by atoms with van der Waals surface area (Å²) >= 11 is 0. The van der Waals surface area contributed by atoms with Crippen molar-refractivity contribution >= 4 is 5.97 Å². The third-order valence-corrected chi connectivity index (χ3v) is 4.86. The number of hydrogen-bond acceptors (Lipinski definition) is 3. The number of hydrogen-bond donors (Lipinski definition) is 1. The lowest BCUT2D eigenvalue weighted by atomic mass is 9.75. The Bertz CT molecular complexity index is 297. The lowest BCUT2D eigenvalue weighted by Crippen LogP contribution is -2.40. The zero-order valence-corrected chi connectivity index (χ0v) is 12.7. The van der Waals surface area contributed by atoms with Gasteiger partial charge in [-0.15, -0.1) is 0 Å². The molecule has 3 nitrogen and oxygen atoms in total. The second-order valence-electron chi connectivity index (χ2n) is 6.84. The van der Waals surface area contributed by atoms with E-state index in [9.17, 15) is 4.79 Å². The summed E-state index contributed by atoms with van der Waals surface area (Å²) in [6, 6.07) is 0. The molecule has 0 radical (unpaired) electrons. The van der Waals surface area contributed by atoms with Crippen molar-refractivity contribution in [3.8, 4) is 0 Å². The van der Waals surface area contributed by atoms with Gasteiger partial charge in [-0.2, -0.15) is 0 Å². The molecule has 110 valence electrons. The smallest absolute Gasteiger partial charge is 0.310 e. The lowest BCUT2D eigenvalue weighted by molar-refractivity contribution is -0.161. The van der Waals surface area contributed by atoms with Gasteiger partial charge in [0.1, 0.15) is 6.10 Å². The predicted octanol–water partition coefficient (Wildman–Crippen LogP) is 2.99. The molecule has 0 bridgehead atoms. The van der Waals surface area contributed by atoms with Gasteiger partial charge in [0.2, 0.25) is 0 Å². The fourth-order valence-electron chi connectivity index (χ4n) is 3.55. The summed E-state index contributed by atoms with van der Waals surface area (Å²) in [6.07, 6.45) is 5.77. The number of piperidine rings is 1. The molecule has 4 atom stereocenters. The van der Waals surface area contributed by atoms with Gasteiger partial charge in [-0.3, -0.25) is 4.79 Å². The zero-order chi connectivity index (χ0) is 13.8. The van der Waals surface area contributed by atoms with E-state index in [1.54, 1.807) is 0 Å². The van der Waals surface area contributed by atoms with Crippen LogP contribution in [-0.4, -0.2) is 25.2 Å². The molecule has 1 aliphatic carbocycles. The summed E-state index contributed by atoms with van der Waals surface area (Å²) < 4.78 is 5.90. The topological polar surface area (TPSA) is 38.3 Å². The Morgan fingerprint density at radius 3 is 2.68 bits per heavy atom. The predicted molar refractivity (Wildman–Crippen MR) is 76.8 cm³/mol. The van der Waals surface area contributed by atoms with Crippen molar-refractivity contribution < 1.29 is 9.53 Å². The average molecular weight is 267 g/mol. The third kappa shape index (κ3) is 3.95. The molecule has 19 heavy (non-hydrogen) atoms. The van der Waals surface area contributed by atoms with E-state index in [1.807, 2.05) is 0 Å². The lowest BCUT2D eigenvalue weighted by Gasteiger charge is -2.37. The molecular formula is C16H29NO2. The molecule has 2 rings (SSSR count). The highest BCUT2D eigenvalue weighted by atomic mass is 16.5. The highest BCUT2D eigenvalue weighted by Gasteiger charge is 2.35. The molecule has 1 saturated heterocycles. The van der Waals surface area contributed by atoms with E-state index >= 15 is 0 Å². The van der Waals surface area contributed by atoms with Crippen LogP contribution in [0.1, 0.15) is 52.9 Å². The maximum atomic E-state index is 12.3. The summed E-state index contributed by atoms with van der Waals surface area (Å²) in [4.78, 5) is 12.3. The number of nitrogens with one attached hydrogen (secondary N) is 1. The maximum Gasteiger partial charge on any atom is 0.310 e. The number of ether oxygens (including phenoxy) is 1. The fraction of sp³-hybridized carbons (Fsp3) is 0.938.